The van der Waals surface area contributed by atoms with E-state index in [1.54, 1.807) is 0 Å². The van der Waals surface area contributed by atoms with Crippen LogP contribution in [-0.2, 0) is 15.3 Å². The third-order valence-corrected chi connectivity index (χ3v) is 4.92. The second-order valence-corrected chi connectivity index (χ2v) is 6.31. The molecule has 5 heteroatoms. The Kier molecular flexibility index (Phi) is 5.29. The smallest absolute Gasteiger partial charge is 0.306 e. The summed E-state index contributed by atoms with van der Waals surface area (Å²) in [6, 6.07) is 4.12. The lowest BCUT2D eigenvalue weighted by atomic mass is 10.1. The maximum absolute atomic E-state index is 11.4. The lowest BCUT2D eigenvalue weighted by Crippen LogP contribution is -2.13. The molecule has 4 nitrogen and oxygen atoms in total. The van der Waals surface area contributed by atoms with Crippen molar-refractivity contribution in [3.05, 3.63) is 23.9 Å². The summed E-state index contributed by atoms with van der Waals surface area (Å²) in [7, 11) is 1.46. The lowest BCUT2D eigenvalue weighted by molar-refractivity contribution is -0.141. The quantitative estimate of drug-likeness (QED) is 0.747. The number of rotatable bonds is 8. The van der Waals surface area contributed by atoms with E-state index < -0.39 is 0 Å². The molecule has 0 spiro atoms. The maximum atomic E-state index is 11.4. The van der Waals surface area contributed by atoms with Gasteiger partial charge in [0.25, 0.3) is 0 Å². The number of carbonyl (C=O) groups is 1. The van der Waals surface area contributed by atoms with Gasteiger partial charge >= 0.3 is 5.97 Å². The van der Waals surface area contributed by atoms with Crippen LogP contribution in [0, 0.1) is 5.41 Å². The van der Waals surface area contributed by atoms with Crippen LogP contribution in [0.25, 0.3) is 0 Å². The Morgan fingerprint density at radius 1 is 1.50 bits per heavy atom. The standard InChI is InChI=1S/C15H22N2O2S/c1-3-16-13-5-4-12(9-17-13)10-20-11-15(6-7-15)8-14(18)19-2/h4-5,9H,3,6-8,10-11H2,1-2H3,(H,16,17). The number of hydrogen-bond acceptors (Lipinski definition) is 5. The minimum absolute atomic E-state index is 0.0836. The number of aromatic nitrogens is 1. The third kappa shape index (κ3) is 4.40. The van der Waals surface area contributed by atoms with Gasteiger partial charge in [-0.2, -0.15) is 11.8 Å². The Morgan fingerprint density at radius 2 is 2.30 bits per heavy atom. The maximum Gasteiger partial charge on any atom is 0.306 e. The average molecular weight is 294 g/mol. The summed E-state index contributed by atoms with van der Waals surface area (Å²) in [6.45, 7) is 2.94. The molecule has 1 fully saturated rings. The fourth-order valence-electron chi connectivity index (χ4n) is 2.11. The number of ether oxygens (including phenoxy) is 1. The van der Waals surface area contributed by atoms with Gasteiger partial charge in [0.1, 0.15) is 5.82 Å². The fourth-order valence-corrected chi connectivity index (χ4v) is 3.44. The van der Waals surface area contributed by atoms with Crippen molar-refractivity contribution >= 4 is 23.5 Å². The van der Waals surface area contributed by atoms with Crippen LogP contribution in [0.1, 0.15) is 31.7 Å². The number of nitrogens with one attached hydrogen (secondary N) is 1. The van der Waals surface area contributed by atoms with Gasteiger partial charge in [0.2, 0.25) is 0 Å². The second-order valence-electron chi connectivity index (χ2n) is 5.33. The fraction of sp³-hybridized carbons (Fsp3) is 0.600. The van der Waals surface area contributed by atoms with Gasteiger partial charge in [-0.25, -0.2) is 4.98 Å². The zero-order chi connectivity index (χ0) is 14.4. The van der Waals surface area contributed by atoms with Gasteiger partial charge in [-0.15, -0.1) is 0 Å². The first-order chi connectivity index (χ1) is 9.67. The highest BCUT2D eigenvalue weighted by Crippen LogP contribution is 2.51. The van der Waals surface area contributed by atoms with Gasteiger partial charge < -0.3 is 10.1 Å². The summed E-state index contributed by atoms with van der Waals surface area (Å²) >= 11 is 1.88. The van der Waals surface area contributed by atoms with Crippen LogP contribution in [-0.4, -0.2) is 30.4 Å². The molecule has 0 bridgehead atoms. The molecule has 0 radical (unpaired) electrons. The summed E-state index contributed by atoms with van der Waals surface area (Å²) in [6.07, 6.45) is 4.78. The van der Waals surface area contributed by atoms with E-state index in [4.69, 9.17) is 4.74 Å². The van der Waals surface area contributed by atoms with Crippen LogP contribution in [0.4, 0.5) is 5.82 Å². The van der Waals surface area contributed by atoms with E-state index in [2.05, 4.69) is 23.3 Å². The van der Waals surface area contributed by atoms with E-state index in [0.717, 1.165) is 36.7 Å². The van der Waals surface area contributed by atoms with Crippen molar-refractivity contribution in [3.8, 4) is 0 Å². The van der Waals surface area contributed by atoms with E-state index >= 15 is 0 Å². The summed E-state index contributed by atoms with van der Waals surface area (Å²) in [5.41, 5.74) is 1.43. The molecule has 1 aliphatic carbocycles. The molecule has 0 aromatic carbocycles. The van der Waals surface area contributed by atoms with Crippen molar-refractivity contribution in [2.45, 2.75) is 31.9 Å². The van der Waals surface area contributed by atoms with Crippen molar-refractivity contribution in [3.63, 3.8) is 0 Å². The molecule has 0 atom stereocenters. The monoisotopic (exact) mass is 294 g/mol. The Labute approximate surface area is 124 Å². The number of methoxy groups -OCH3 is 1. The van der Waals surface area contributed by atoms with Crippen molar-refractivity contribution < 1.29 is 9.53 Å². The SMILES string of the molecule is CCNc1ccc(CSCC2(CC(=O)OC)CC2)cn1. The predicted octanol–water partition coefficient (Wildman–Crippen LogP) is 3.09. The Hall–Kier alpha value is -1.23. The van der Waals surface area contributed by atoms with Crippen molar-refractivity contribution in [2.75, 3.05) is 24.7 Å². The van der Waals surface area contributed by atoms with Gasteiger partial charge in [0.15, 0.2) is 0 Å². The first kappa shape index (κ1) is 15.2. The summed E-state index contributed by atoms with van der Waals surface area (Å²) in [4.78, 5) is 15.7. The molecule has 20 heavy (non-hydrogen) atoms. The summed E-state index contributed by atoms with van der Waals surface area (Å²) in [5, 5.41) is 3.18. The number of carbonyl (C=O) groups excluding carboxylic acids is 1. The van der Waals surface area contributed by atoms with Crippen LogP contribution in [0.3, 0.4) is 0 Å². The zero-order valence-electron chi connectivity index (χ0n) is 12.1. The van der Waals surface area contributed by atoms with Crippen molar-refractivity contribution in [1.29, 1.82) is 0 Å². The minimum Gasteiger partial charge on any atom is -0.469 e. The van der Waals surface area contributed by atoms with Crippen molar-refractivity contribution in [2.24, 2.45) is 5.41 Å². The molecule has 1 heterocycles. The largest absolute Gasteiger partial charge is 0.469 e. The van der Waals surface area contributed by atoms with Crippen LogP contribution in [0.5, 0.6) is 0 Å². The Morgan fingerprint density at radius 3 is 2.85 bits per heavy atom. The molecule has 2 rings (SSSR count). The number of nitrogens with zero attached hydrogens (tertiary/aromatic N) is 1. The number of anilines is 1. The first-order valence-electron chi connectivity index (χ1n) is 7.01. The van der Waals surface area contributed by atoms with E-state index in [9.17, 15) is 4.79 Å². The van der Waals surface area contributed by atoms with E-state index in [1.165, 1.54) is 12.7 Å². The first-order valence-corrected chi connectivity index (χ1v) is 8.16. The van der Waals surface area contributed by atoms with Crippen LogP contribution >= 0.6 is 11.8 Å². The lowest BCUT2D eigenvalue weighted by Gasteiger charge is -2.13. The number of esters is 1. The highest BCUT2D eigenvalue weighted by Gasteiger charge is 2.44. The summed E-state index contributed by atoms with van der Waals surface area (Å²) in [5.74, 6) is 2.81. The molecule has 0 unspecified atom stereocenters. The normalized spacial score (nSPS) is 15.7. The molecule has 0 aliphatic heterocycles. The van der Waals surface area contributed by atoms with Gasteiger partial charge in [-0.05, 0) is 42.6 Å². The molecule has 0 amide bonds. The Bertz CT molecular complexity index is 444. The Balaban J connectivity index is 1.74. The topological polar surface area (TPSA) is 51.2 Å². The molecule has 110 valence electrons. The summed E-state index contributed by atoms with van der Waals surface area (Å²) < 4.78 is 4.76. The van der Waals surface area contributed by atoms with Gasteiger partial charge in [0, 0.05) is 18.5 Å². The molecular formula is C15H22N2O2S. The highest BCUT2D eigenvalue weighted by atomic mass is 32.2. The van der Waals surface area contributed by atoms with Gasteiger partial charge in [-0.1, -0.05) is 6.07 Å². The van der Waals surface area contributed by atoms with Crippen LogP contribution < -0.4 is 5.32 Å². The third-order valence-electron chi connectivity index (χ3n) is 3.56. The zero-order valence-corrected chi connectivity index (χ0v) is 13.0. The molecule has 1 aliphatic rings. The number of hydrogen-bond donors (Lipinski definition) is 1. The average Bonchev–Trinajstić information content (AvgIpc) is 3.21. The second kappa shape index (κ2) is 6.97. The predicted molar refractivity (Wildman–Crippen MR) is 82.9 cm³/mol. The van der Waals surface area contributed by atoms with E-state index in [-0.39, 0.29) is 11.4 Å². The van der Waals surface area contributed by atoms with Gasteiger partial charge in [0.05, 0.1) is 13.5 Å². The molecule has 1 saturated carbocycles. The van der Waals surface area contributed by atoms with Crippen LogP contribution in [0.2, 0.25) is 0 Å². The van der Waals surface area contributed by atoms with E-state index in [0.29, 0.717) is 6.42 Å². The minimum atomic E-state index is -0.0836. The molecule has 0 saturated heterocycles. The van der Waals surface area contributed by atoms with E-state index in [1.807, 2.05) is 24.0 Å². The number of pyridine rings is 1. The molecule has 1 aromatic rings. The van der Waals surface area contributed by atoms with Crippen molar-refractivity contribution in [1.82, 2.24) is 4.98 Å². The molecule has 1 aromatic heterocycles. The molecular weight excluding hydrogens is 272 g/mol. The van der Waals surface area contributed by atoms with Gasteiger partial charge in [-0.3, -0.25) is 4.79 Å². The van der Waals surface area contributed by atoms with Crippen LogP contribution in [0.15, 0.2) is 18.3 Å². The highest BCUT2D eigenvalue weighted by molar-refractivity contribution is 7.98. The molecule has 1 N–H and O–H groups in total. The number of thioether (sulfide) groups is 1.